The number of amides is 1. The van der Waals surface area contributed by atoms with Crippen LogP contribution in [0.4, 0.5) is 5.69 Å². The Labute approximate surface area is 208 Å². The second-order valence-corrected chi connectivity index (χ2v) is 9.35. The van der Waals surface area contributed by atoms with E-state index in [-0.39, 0.29) is 11.9 Å². The fourth-order valence-corrected chi connectivity index (χ4v) is 5.05. The molecule has 0 saturated heterocycles. The Kier molecular flexibility index (Phi) is 6.07. The molecular weight excluding hydrogens is 469 g/mol. The molecule has 3 aromatic carbocycles. The lowest BCUT2D eigenvalue weighted by Gasteiger charge is -2.27. The third kappa shape index (κ3) is 4.17. The lowest BCUT2D eigenvalue weighted by molar-refractivity contribution is 0.0925. The van der Waals surface area contributed by atoms with E-state index in [4.69, 9.17) is 32.9 Å². The molecule has 0 saturated carbocycles. The number of nitrogens with zero attached hydrogens (tertiary/aromatic N) is 2. The van der Waals surface area contributed by atoms with Crippen LogP contribution in [-0.4, -0.2) is 31.6 Å². The Hall–Kier alpha value is -3.28. The first-order valence-corrected chi connectivity index (χ1v) is 11.8. The first-order valence-electron chi connectivity index (χ1n) is 11.0. The van der Waals surface area contributed by atoms with E-state index in [1.54, 1.807) is 12.3 Å². The predicted octanol–water partition coefficient (Wildman–Crippen LogP) is 6.53. The molecule has 1 unspecified atom stereocenters. The maximum atomic E-state index is 13.5. The standard InChI is InChI=1S/C27H23Cl2N3O2/c1-32(2)26-21-8-5-7-19(16-12-17(28)14-18(29)13-16)25(21)30-15-22(26)27(33)31-23-10-11-34-24-9-4-3-6-20(23)24/h3-9,12-15,23H,10-11H2,1-2H3,(H,31,33). The molecule has 172 valence electrons. The number of halogens is 2. The SMILES string of the molecule is CN(C)c1c(C(=O)NC2CCOc3ccccc32)cnc2c(-c3cc(Cl)cc(Cl)c3)cccc12. The molecule has 1 N–H and O–H groups in total. The number of para-hydroxylation sites is 2. The van der Waals surface area contributed by atoms with Crippen LogP contribution in [0.3, 0.4) is 0 Å². The molecule has 1 amide bonds. The van der Waals surface area contributed by atoms with Gasteiger partial charge in [0, 0.05) is 53.3 Å². The number of carbonyl (C=O) groups excluding carboxylic acids is 1. The van der Waals surface area contributed by atoms with Gasteiger partial charge in [-0.1, -0.05) is 59.6 Å². The molecule has 5 nitrogen and oxygen atoms in total. The van der Waals surface area contributed by atoms with Gasteiger partial charge in [0.2, 0.25) is 0 Å². The molecule has 1 aliphatic rings. The Balaban J connectivity index is 1.58. The van der Waals surface area contributed by atoms with Gasteiger partial charge in [-0.3, -0.25) is 9.78 Å². The molecular formula is C27H23Cl2N3O2. The van der Waals surface area contributed by atoms with Crippen LogP contribution in [0, 0.1) is 0 Å². The van der Waals surface area contributed by atoms with Crippen LogP contribution in [0.15, 0.2) is 66.9 Å². The summed E-state index contributed by atoms with van der Waals surface area (Å²) >= 11 is 12.5. The van der Waals surface area contributed by atoms with Crippen molar-refractivity contribution in [3.05, 3.63) is 88.0 Å². The molecule has 0 aliphatic carbocycles. The number of ether oxygens (including phenoxy) is 1. The van der Waals surface area contributed by atoms with Crippen LogP contribution >= 0.6 is 23.2 Å². The summed E-state index contributed by atoms with van der Waals surface area (Å²) in [6, 6.07) is 19.0. The van der Waals surface area contributed by atoms with Crippen molar-refractivity contribution in [3.8, 4) is 16.9 Å². The monoisotopic (exact) mass is 491 g/mol. The summed E-state index contributed by atoms with van der Waals surface area (Å²) in [6.45, 7) is 0.560. The molecule has 1 atom stereocenters. The van der Waals surface area contributed by atoms with E-state index in [0.29, 0.717) is 28.6 Å². The second kappa shape index (κ2) is 9.16. The molecule has 1 aromatic heterocycles. The third-order valence-corrected chi connectivity index (χ3v) is 6.43. The molecule has 7 heteroatoms. The van der Waals surface area contributed by atoms with Crippen LogP contribution < -0.4 is 15.0 Å². The number of pyridine rings is 1. The summed E-state index contributed by atoms with van der Waals surface area (Å²) in [5.41, 5.74) is 4.85. The molecule has 0 bridgehead atoms. The summed E-state index contributed by atoms with van der Waals surface area (Å²) in [5, 5.41) is 5.18. The lowest BCUT2D eigenvalue weighted by atomic mass is 9.98. The zero-order valence-electron chi connectivity index (χ0n) is 18.8. The molecule has 1 aliphatic heterocycles. The first-order chi connectivity index (χ1) is 16.4. The average Bonchev–Trinajstić information content (AvgIpc) is 2.82. The van der Waals surface area contributed by atoms with E-state index in [0.717, 1.165) is 39.0 Å². The highest BCUT2D eigenvalue weighted by atomic mass is 35.5. The summed E-state index contributed by atoms with van der Waals surface area (Å²) in [5.74, 6) is 0.643. The number of fused-ring (bicyclic) bond motifs is 2. The van der Waals surface area contributed by atoms with Crippen molar-refractivity contribution in [3.63, 3.8) is 0 Å². The maximum Gasteiger partial charge on any atom is 0.255 e. The summed E-state index contributed by atoms with van der Waals surface area (Å²) in [4.78, 5) is 20.2. The van der Waals surface area contributed by atoms with Crippen LogP contribution in [0.25, 0.3) is 22.0 Å². The fraction of sp³-hybridized carbons (Fsp3) is 0.185. The van der Waals surface area contributed by atoms with E-state index < -0.39 is 0 Å². The van der Waals surface area contributed by atoms with Crippen molar-refractivity contribution >= 4 is 45.7 Å². The number of aromatic nitrogens is 1. The van der Waals surface area contributed by atoms with Crippen molar-refractivity contribution < 1.29 is 9.53 Å². The average molecular weight is 492 g/mol. The number of rotatable bonds is 4. The van der Waals surface area contributed by atoms with Crippen LogP contribution in [0.2, 0.25) is 10.0 Å². The first kappa shape index (κ1) is 22.5. The van der Waals surface area contributed by atoms with Crippen molar-refractivity contribution in [1.29, 1.82) is 0 Å². The quantitative estimate of drug-likeness (QED) is 0.352. The minimum atomic E-state index is -0.170. The topological polar surface area (TPSA) is 54.5 Å². The number of carbonyl (C=O) groups is 1. The normalized spacial score (nSPS) is 14.9. The lowest BCUT2D eigenvalue weighted by Crippen LogP contribution is -2.33. The number of hydrogen-bond donors (Lipinski definition) is 1. The molecule has 0 radical (unpaired) electrons. The van der Waals surface area contributed by atoms with Crippen LogP contribution in [0.5, 0.6) is 5.75 Å². The molecule has 5 rings (SSSR count). The Morgan fingerprint density at radius 2 is 1.82 bits per heavy atom. The molecule has 0 spiro atoms. The molecule has 2 heterocycles. The van der Waals surface area contributed by atoms with Crippen LogP contribution in [-0.2, 0) is 0 Å². The largest absolute Gasteiger partial charge is 0.493 e. The highest BCUT2D eigenvalue weighted by Crippen LogP contribution is 2.37. The number of anilines is 1. The third-order valence-electron chi connectivity index (χ3n) is 6.00. The van der Waals surface area contributed by atoms with Crippen LogP contribution in [0.1, 0.15) is 28.4 Å². The summed E-state index contributed by atoms with van der Waals surface area (Å²) < 4.78 is 5.74. The number of nitrogens with one attached hydrogen (secondary N) is 1. The van der Waals surface area contributed by atoms with Gasteiger partial charge >= 0.3 is 0 Å². The molecule has 34 heavy (non-hydrogen) atoms. The number of hydrogen-bond acceptors (Lipinski definition) is 4. The highest BCUT2D eigenvalue weighted by Gasteiger charge is 2.25. The minimum Gasteiger partial charge on any atom is -0.493 e. The smallest absolute Gasteiger partial charge is 0.255 e. The van der Waals surface area contributed by atoms with E-state index >= 15 is 0 Å². The zero-order chi connectivity index (χ0) is 23.8. The van der Waals surface area contributed by atoms with E-state index in [9.17, 15) is 4.79 Å². The predicted molar refractivity (Wildman–Crippen MR) is 138 cm³/mol. The van der Waals surface area contributed by atoms with E-state index in [1.807, 2.05) is 73.6 Å². The Morgan fingerprint density at radius 1 is 1.06 bits per heavy atom. The van der Waals surface area contributed by atoms with Gasteiger partial charge in [0.1, 0.15) is 5.75 Å². The van der Waals surface area contributed by atoms with Gasteiger partial charge < -0.3 is 15.0 Å². The zero-order valence-corrected chi connectivity index (χ0v) is 20.3. The maximum absolute atomic E-state index is 13.5. The summed E-state index contributed by atoms with van der Waals surface area (Å²) in [6.07, 6.45) is 2.36. The second-order valence-electron chi connectivity index (χ2n) is 8.48. The van der Waals surface area contributed by atoms with Crippen molar-refractivity contribution in [2.75, 3.05) is 25.6 Å². The van der Waals surface area contributed by atoms with Crippen molar-refractivity contribution in [2.24, 2.45) is 0 Å². The number of benzene rings is 3. The van der Waals surface area contributed by atoms with E-state index in [2.05, 4.69) is 5.32 Å². The molecule has 4 aromatic rings. The van der Waals surface area contributed by atoms with Gasteiger partial charge in [-0.05, 0) is 29.8 Å². The van der Waals surface area contributed by atoms with Gasteiger partial charge in [-0.2, -0.15) is 0 Å². The fourth-order valence-electron chi connectivity index (χ4n) is 4.53. The summed E-state index contributed by atoms with van der Waals surface area (Å²) in [7, 11) is 3.86. The van der Waals surface area contributed by atoms with Crippen molar-refractivity contribution in [1.82, 2.24) is 10.3 Å². The van der Waals surface area contributed by atoms with E-state index in [1.165, 1.54) is 0 Å². The van der Waals surface area contributed by atoms with Gasteiger partial charge in [0.15, 0.2) is 0 Å². The highest BCUT2D eigenvalue weighted by molar-refractivity contribution is 6.35. The minimum absolute atomic E-state index is 0.122. The van der Waals surface area contributed by atoms with Crippen molar-refractivity contribution in [2.45, 2.75) is 12.5 Å². The molecule has 0 fully saturated rings. The van der Waals surface area contributed by atoms with Gasteiger partial charge in [-0.15, -0.1) is 0 Å². The Morgan fingerprint density at radius 3 is 2.59 bits per heavy atom. The van der Waals surface area contributed by atoms with Gasteiger partial charge in [0.05, 0.1) is 29.4 Å². The Bertz CT molecular complexity index is 1380. The van der Waals surface area contributed by atoms with Gasteiger partial charge in [0.25, 0.3) is 5.91 Å². The van der Waals surface area contributed by atoms with Gasteiger partial charge in [-0.25, -0.2) is 0 Å².